The van der Waals surface area contributed by atoms with Crippen LogP contribution in [0.15, 0.2) is 17.2 Å². The van der Waals surface area contributed by atoms with Gasteiger partial charge in [0.2, 0.25) is 5.89 Å². The monoisotopic (exact) mass is 223 g/mol. The molecule has 90 valence electrons. The second-order valence-electron chi connectivity index (χ2n) is 3.97. The lowest BCUT2D eigenvalue weighted by atomic mass is 10.1. The number of rotatable bonds is 8. The van der Waals surface area contributed by atoms with Gasteiger partial charge in [-0.3, -0.25) is 0 Å². The Kier molecular flexibility index (Phi) is 5.78. The minimum absolute atomic E-state index is 0.509. The first-order valence-corrected chi connectivity index (χ1v) is 5.89. The fourth-order valence-electron chi connectivity index (χ4n) is 1.66. The zero-order chi connectivity index (χ0) is 11.8. The van der Waals surface area contributed by atoms with E-state index in [0.717, 1.165) is 12.8 Å². The van der Waals surface area contributed by atoms with Crippen molar-refractivity contribution in [3.63, 3.8) is 0 Å². The summed E-state index contributed by atoms with van der Waals surface area (Å²) in [6.07, 6.45) is 6.46. The molecule has 1 aromatic rings. The molecule has 0 saturated carbocycles. The molecule has 0 amide bonds. The Balaban J connectivity index is 2.33. The van der Waals surface area contributed by atoms with Crippen molar-refractivity contribution in [2.75, 3.05) is 0 Å². The Morgan fingerprint density at radius 1 is 1.50 bits per heavy atom. The van der Waals surface area contributed by atoms with Gasteiger partial charge in [-0.25, -0.2) is 0 Å². The van der Waals surface area contributed by atoms with Gasteiger partial charge in [-0.05, 0) is 26.2 Å². The summed E-state index contributed by atoms with van der Waals surface area (Å²) < 4.78 is 5.05. The SMILES string of the molecule is C=CCCC(CCC)NCc1nc(C)no1. The Hall–Kier alpha value is -1.16. The van der Waals surface area contributed by atoms with Gasteiger partial charge < -0.3 is 9.84 Å². The van der Waals surface area contributed by atoms with Gasteiger partial charge in [-0.15, -0.1) is 6.58 Å². The maximum Gasteiger partial charge on any atom is 0.240 e. The fraction of sp³-hybridized carbons (Fsp3) is 0.667. The number of aryl methyl sites for hydroxylation is 1. The van der Waals surface area contributed by atoms with E-state index in [9.17, 15) is 0 Å². The Morgan fingerprint density at radius 2 is 2.31 bits per heavy atom. The normalized spacial score (nSPS) is 12.6. The molecular formula is C12H21N3O. The third kappa shape index (κ3) is 4.57. The molecule has 0 saturated heterocycles. The average molecular weight is 223 g/mol. The van der Waals surface area contributed by atoms with Crippen LogP contribution in [0.3, 0.4) is 0 Å². The van der Waals surface area contributed by atoms with E-state index >= 15 is 0 Å². The second-order valence-corrected chi connectivity index (χ2v) is 3.97. The van der Waals surface area contributed by atoms with E-state index in [4.69, 9.17) is 4.52 Å². The summed E-state index contributed by atoms with van der Waals surface area (Å²) >= 11 is 0. The lowest BCUT2D eigenvalue weighted by Gasteiger charge is -2.15. The van der Waals surface area contributed by atoms with Crippen molar-refractivity contribution in [2.45, 2.75) is 52.1 Å². The summed E-state index contributed by atoms with van der Waals surface area (Å²) in [6, 6.07) is 0.509. The topological polar surface area (TPSA) is 51.0 Å². The van der Waals surface area contributed by atoms with Crippen molar-refractivity contribution in [3.8, 4) is 0 Å². The molecule has 1 atom stereocenters. The van der Waals surface area contributed by atoms with Crippen LogP contribution in [0.1, 0.15) is 44.3 Å². The maximum absolute atomic E-state index is 5.05. The molecule has 1 N–H and O–H groups in total. The van der Waals surface area contributed by atoms with Gasteiger partial charge in [-0.2, -0.15) is 4.98 Å². The first-order chi connectivity index (χ1) is 7.76. The van der Waals surface area contributed by atoms with Crippen LogP contribution in [-0.2, 0) is 6.54 Å². The molecule has 0 aliphatic heterocycles. The van der Waals surface area contributed by atoms with Crippen molar-refractivity contribution in [1.29, 1.82) is 0 Å². The Labute approximate surface area is 97.1 Å². The van der Waals surface area contributed by atoms with Gasteiger partial charge in [0.25, 0.3) is 0 Å². The standard InChI is InChI=1S/C12H21N3O/c1-4-6-8-11(7-5-2)13-9-12-14-10(3)15-16-12/h4,11,13H,1,5-9H2,2-3H3. The van der Waals surface area contributed by atoms with E-state index in [1.165, 1.54) is 12.8 Å². The van der Waals surface area contributed by atoms with Crippen LogP contribution in [0.5, 0.6) is 0 Å². The minimum Gasteiger partial charge on any atom is -0.338 e. The van der Waals surface area contributed by atoms with E-state index in [-0.39, 0.29) is 0 Å². The fourth-order valence-corrected chi connectivity index (χ4v) is 1.66. The minimum atomic E-state index is 0.509. The smallest absolute Gasteiger partial charge is 0.240 e. The second kappa shape index (κ2) is 7.17. The highest BCUT2D eigenvalue weighted by molar-refractivity contribution is 4.83. The first-order valence-electron chi connectivity index (χ1n) is 5.89. The third-order valence-corrected chi connectivity index (χ3v) is 2.47. The highest BCUT2D eigenvalue weighted by Crippen LogP contribution is 2.06. The maximum atomic E-state index is 5.05. The van der Waals surface area contributed by atoms with Crippen molar-refractivity contribution >= 4 is 0 Å². The Morgan fingerprint density at radius 3 is 2.88 bits per heavy atom. The van der Waals surface area contributed by atoms with Crippen molar-refractivity contribution < 1.29 is 4.52 Å². The van der Waals surface area contributed by atoms with Crippen LogP contribution in [0.4, 0.5) is 0 Å². The summed E-state index contributed by atoms with van der Waals surface area (Å²) in [4.78, 5) is 4.16. The molecule has 0 aliphatic rings. The summed E-state index contributed by atoms with van der Waals surface area (Å²) in [5.41, 5.74) is 0. The molecule has 4 heteroatoms. The molecule has 1 unspecified atom stereocenters. The lowest BCUT2D eigenvalue weighted by molar-refractivity contribution is 0.346. The van der Waals surface area contributed by atoms with E-state index in [1.807, 2.05) is 13.0 Å². The number of allylic oxidation sites excluding steroid dienone is 1. The number of hydrogen-bond acceptors (Lipinski definition) is 4. The summed E-state index contributed by atoms with van der Waals surface area (Å²) in [5, 5.41) is 7.20. The average Bonchev–Trinajstić information content (AvgIpc) is 2.68. The molecular weight excluding hydrogens is 202 g/mol. The molecule has 0 spiro atoms. The van der Waals surface area contributed by atoms with Crippen molar-refractivity contribution in [1.82, 2.24) is 15.5 Å². The molecule has 0 bridgehead atoms. The zero-order valence-electron chi connectivity index (χ0n) is 10.2. The first kappa shape index (κ1) is 12.9. The van der Waals surface area contributed by atoms with Gasteiger partial charge in [0.05, 0.1) is 6.54 Å². The molecule has 0 radical (unpaired) electrons. The predicted molar refractivity (Wildman–Crippen MR) is 64.0 cm³/mol. The number of nitrogens with one attached hydrogen (secondary N) is 1. The van der Waals surface area contributed by atoms with Gasteiger partial charge in [0, 0.05) is 6.04 Å². The van der Waals surface area contributed by atoms with Gasteiger partial charge >= 0.3 is 0 Å². The molecule has 16 heavy (non-hydrogen) atoms. The zero-order valence-corrected chi connectivity index (χ0v) is 10.2. The molecule has 1 heterocycles. The van der Waals surface area contributed by atoms with E-state index < -0.39 is 0 Å². The molecule has 0 aliphatic carbocycles. The molecule has 1 aromatic heterocycles. The highest BCUT2D eigenvalue weighted by atomic mass is 16.5. The molecule has 4 nitrogen and oxygen atoms in total. The largest absolute Gasteiger partial charge is 0.338 e. The van der Waals surface area contributed by atoms with Crippen molar-refractivity contribution in [2.24, 2.45) is 0 Å². The number of aromatic nitrogens is 2. The van der Waals surface area contributed by atoms with E-state index in [1.54, 1.807) is 0 Å². The van der Waals surface area contributed by atoms with Gasteiger partial charge in [0.1, 0.15) is 0 Å². The van der Waals surface area contributed by atoms with Gasteiger partial charge in [-0.1, -0.05) is 24.6 Å². The van der Waals surface area contributed by atoms with Crippen LogP contribution in [-0.4, -0.2) is 16.2 Å². The number of hydrogen-bond donors (Lipinski definition) is 1. The summed E-state index contributed by atoms with van der Waals surface area (Å²) in [7, 11) is 0. The van der Waals surface area contributed by atoms with E-state index in [2.05, 4.69) is 29.0 Å². The van der Waals surface area contributed by atoms with Crippen LogP contribution < -0.4 is 5.32 Å². The Bertz CT molecular complexity index is 309. The quantitative estimate of drug-likeness (QED) is 0.688. The molecule has 1 rings (SSSR count). The highest BCUT2D eigenvalue weighted by Gasteiger charge is 2.08. The van der Waals surface area contributed by atoms with Gasteiger partial charge in [0.15, 0.2) is 5.82 Å². The van der Waals surface area contributed by atoms with Crippen molar-refractivity contribution in [3.05, 3.63) is 24.4 Å². The van der Waals surface area contributed by atoms with Crippen LogP contribution in [0, 0.1) is 6.92 Å². The van der Waals surface area contributed by atoms with Crippen LogP contribution in [0.2, 0.25) is 0 Å². The van der Waals surface area contributed by atoms with Crippen LogP contribution >= 0.6 is 0 Å². The lowest BCUT2D eigenvalue weighted by Crippen LogP contribution is -2.28. The van der Waals surface area contributed by atoms with E-state index in [0.29, 0.717) is 24.3 Å². The van der Waals surface area contributed by atoms with Crippen LogP contribution in [0.25, 0.3) is 0 Å². The summed E-state index contributed by atoms with van der Waals surface area (Å²) in [5.74, 6) is 1.35. The molecule has 0 fully saturated rings. The third-order valence-electron chi connectivity index (χ3n) is 2.47. The predicted octanol–water partition coefficient (Wildman–Crippen LogP) is 2.60. The molecule has 0 aromatic carbocycles. The summed E-state index contributed by atoms with van der Waals surface area (Å²) in [6.45, 7) is 8.42. The number of nitrogens with zero attached hydrogens (tertiary/aromatic N) is 2.